The molecule has 5 rings (SSSR count). The molecule has 3 aromatic rings. The van der Waals surface area contributed by atoms with Gasteiger partial charge in [0, 0.05) is 31.7 Å². The predicted molar refractivity (Wildman–Crippen MR) is 119 cm³/mol. The number of pyridine rings is 1. The third kappa shape index (κ3) is 3.84. The van der Waals surface area contributed by atoms with E-state index in [0.717, 1.165) is 55.5 Å². The lowest BCUT2D eigenvalue weighted by atomic mass is 9.88. The van der Waals surface area contributed by atoms with Gasteiger partial charge in [0.25, 0.3) is 5.91 Å². The zero-order valence-corrected chi connectivity index (χ0v) is 18.8. The number of piperidine rings is 1. The van der Waals surface area contributed by atoms with Crippen LogP contribution in [0, 0.1) is 20.8 Å². The van der Waals surface area contributed by atoms with Crippen molar-refractivity contribution < 1.29 is 13.9 Å². The Morgan fingerprint density at radius 3 is 2.75 bits per heavy atom. The highest BCUT2D eigenvalue weighted by atomic mass is 16.5. The lowest BCUT2D eigenvalue weighted by molar-refractivity contribution is -0.170. The molecule has 1 spiro atoms. The van der Waals surface area contributed by atoms with Crippen LogP contribution in [0.15, 0.2) is 41.2 Å². The number of carbonyl (C=O) groups excluding carboxylic acids is 1. The monoisotopic (exact) mass is 435 g/mol. The molecule has 0 bridgehead atoms. The molecule has 0 saturated carbocycles. The number of amides is 1. The molecule has 1 saturated heterocycles. The molecule has 1 fully saturated rings. The van der Waals surface area contributed by atoms with Crippen molar-refractivity contribution in [1.29, 1.82) is 0 Å². The van der Waals surface area contributed by atoms with E-state index in [1.807, 2.05) is 32.2 Å². The maximum atomic E-state index is 13.1. The number of nitrogens with one attached hydrogen (secondary N) is 1. The van der Waals surface area contributed by atoms with Crippen molar-refractivity contribution in [1.82, 2.24) is 19.4 Å². The van der Waals surface area contributed by atoms with Gasteiger partial charge in [-0.25, -0.2) is 4.98 Å². The fourth-order valence-corrected chi connectivity index (χ4v) is 4.72. The van der Waals surface area contributed by atoms with Crippen LogP contribution in [0.2, 0.25) is 0 Å². The van der Waals surface area contributed by atoms with E-state index in [1.54, 1.807) is 12.4 Å². The molecule has 0 radical (unpaired) electrons. The van der Waals surface area contributed by atoms with E-state index in [0.29, 0.717) is 12.2 Å². The van der Waals surface area contributed by atoms with Crippen LogP contribution >= 0.6 is 0 Å². The number of imidazole rings is 1. The molecule has 168 valence electrons. The first-order chi connectivity index (χ1) is 15.4. The van der Waals surface area contributed by atoms with Crippen molar-refractivity contribution in [2.24, 2.45) is 0 Å². The average molecular weight is 436 g/mol. The molecule has 8 nitrogen and oxygen atoms in total. The maximum Gasteiger partial charge on any atom is 0.255 e. The Labute approximate surface area is 187 Å². The van der Waals surface area contributed by atoms with Gasteiger partial charge in [0.15, 0.2) is 6.10 Å². The highest BCUT2D eigenvalue weighted by Gasteiger charge is 2.47. The molecular weight excluding hydrogens is 406 g/mol. The van der Waals surface area contributed by atoms with E-state index in [9.17, 15) is 4.79 Å². The second-order valence-corrected chi connectivity index (χ2v) is 8.86. The minimum atomic E-state index is -0.585. The number of furan rings is 1. The molecule has 1 amide bonds. The van der Waals surface area contributed by atoms with Gasteiger partial charge in [0.2, 0.25) is 0 Å². The molecule has 0 aromatic carbocycles. The van der Waals surface area contributed by atoms with Crippen molar-refractivity contribution in [3.05, 3.63) is 65.4 Å². The van der Waals surface area contributed by atoms with Gasteiger partial charge in [0.05, 0.1) is 24.5 Å². The Balaban J connectivity index is 1.30. The number of rotatable bonds is 4. The van der Waals surface area contributed by atoms with Crippen molar-refractivity contribution in [2.75, 3.05) is 18.4 Å². The van der Waals surface area contributed by atoms with Gasteiger partial charge in [-0.2, -0.15) is 0 Å². The Morgan fingerprint density at radius 1 is 1.22 bits per heavy atom. The Morgan fingerprint density at radius 2 is 2.03 bits per heavy atom. The van der Waals surface area contributed by atoms with E-state index in [-0.39, 0.29) is 5.91 Å². The first-order valence-electron chi connectivity index (χ1n) is 11.1. The molecule has 3 aromatic heterocycles. The number of nitrogens with zero attached hydrogens (tertiary/aromatic N) is 4. The van der Waals surface area contributed by atoms with E-state index in [2.05, 4.69) is 37.7 Å². The zero-order chi connectivity index (χ0) is 22.3. The molecule has 2 aliphatic rings. The summed E-state index contributed by atoms with van der Waals surface area (Å²) in [5.74, 6) is 2.74. The molecule has 1 N–H and O–H groups in total. The zero-order valence-electron chi connectivity index (χ0n) is 18.8. The molecule has 5 heterocycles. The number of anilines is 1. The third-order valence-electron chi connectivity index (χ3n) is 6.67. The number of ether oxygens (including phenoxy) is 1. The van der Waals surface area contributed by atoms with Gasteiger partial charge in [-0.15, -0.1) is 0 Å². The Kier molecular flexibility index (Phi) is 5.35. The second-order valence-electron chi connectivity index (χ2n) is 8.86. The fourth-order valence-electron chi connectivity index (χ4n) is 4.72. The molecule has 8 heteroatoms. The number of likely N-dealkylation sites (tertiary alicyclic amines) is 1. The maximum absolute atomic E-state index is 13.1. The van der Waals surface area contributed by atoms with Crippen LogP contribution in [-0.4, -0.2) is 44.5 Å². The van der Waals surface area contributed by atoms with Crippen molar-refractivity contribution in [3.63, 3.8) is 0 Å². The van der Waals surface area contributed by atoms with Crippen molar-refractivity contribution in [3.8, 4) is 0 Å². The predicted octanol–water partition coefficient (Wildman–Crippen LogP) is 3.33. The molecule has 32 heavy (non-hydrogen) atoms. The van der Waals surface area contributed by atoms with Crippen LogP contribution in [0.25, 0.3) is 0 Å². The normalized spacial score (nSPS) is 20.3. The quantitative estimate of drug-likeness (QED) is 0.677. The van der Waals surface area contributed by atoms with E-state index >= 15 is 0 Å². The summed E-state index contributed by atoms with van der Waals surface area (Å²) in [4.78, 5) is 24.3. The van der Waals surface area contributed by atoms with Crippen LogP contribution in [0.5, 0.6) is 0 Å². The van der Waals surface area contributed by atoms with Crippen LogP contribution in [0.1, 0.15) is 41.4 Å². The van der Waals surface area contributed by atoms with Crippen LogP contribution in [0.3, 0.4) is 0 Å². The van der Waals surface area contributed by atoms with Gasteiger partial charge in [-0.05, 0) is 57.4 Å². The first kappa shape index (κ1) is 20.9. The van der Waals surface area contributed by atoms with E-state index < -0.39 is 11.7 Å². The van der Waals surface area contributed by atoms with Crippen molar-refractivity contribution in [2.45, 2.75) is 58.4 Å². The summed E-state index contributed by atoms with van der Waals surface area (Å²) in [6.45, 7) is 8.88. The number of aryl methyl sites for hydroxylation is 3. The van der Waals surface area contributed by atoms with E-state index in [1.165, 1.54) is 5.56 Å². The largest absolute Gasteiger partial charge is 0.465 e. The smallest absolute Gasteiger partial charge is 0.255 e. The van der Waals surface area contributed by atoms with Crippen LogP contribution in [0.4, 0.5) is 5.69 Å². The van der Waals surface area contributed by atoms with Gasteiger partial charge in [-0.3, -0.25) is 14.7 Å². The highest BCUT2D eigenvalue weighted by molar-refractivity contribution is 5.94. The summed E-state index contributed by atoms with van der Waals surface area (Å²) in [7, 11) is 0. The number of aromatic nitrogens is 3. The molecule has 0 aliphatic carbocycles. The second kappa shape index (κ2) is 8.18. The minimum Gasteiger partial charge on any atom is -0.465 e. The topological polar surface area (TPSA) is 85.4 Å². The van der Waals surface area contributed by atoms with Crippen molar-refractivity contribution >= 4 is 11.6 Å². The van der Waals surface area contributed by atoms with Gasteiger partial charge in [-0.1, -0.05) is 0 Å². The van der Waals surface area contributed by atoms with Crippen LogP contribution in [-0.2, 0) is 28.2 Å². The number of hydrogen-bond donors (Lipinski definition) is 1. The summed E-state index contributed by atoms with van der Waals surface area (Å²) in [5, 5.41) is 2.99. The highest BCUT2D eigenvalue weighted by Crippen LogP contribution is 2.40. The first-order valence-corrected chi connectivity index (χ1v) is 11.1. The summed E-state index contributed by atoms with van der Waals surface area (Å²) < 4.78 is 14.5. The van der Waals surface area contributed by atoms with Crippen LogP contribution < -0.4 is 5.32 Å². The minimum absolute atomic E-state index is 0.149. The standard InChI is InChI=1S/C24H29N5O3/c1-16-13-19(31-18(16)3)14-28-10-6-24(7-11-28)23-26-9-12-29(23)15-21(32-24)22(30)27-20-5-4-8-25-17(20)2/h4-5,8-9,12-13,21H,6-7,10-11,14-15H2,1-3H3,(H,27,30). The summed E-state index contributed by atoms with van der Waals surface area (Å²) >= 11 is 0. The molecule has 1 atom stereocenters. The third-order valence-corrected chi connectivity index (χ3v) is 6.67. The Bertz CT molecular complexity index is 1110. The molecular formula is C24H29N5O3. The molecule has 2 aliphatic heterocycles. The van der Waals surface area contributed by atoms with Gasteiger partial charge in [0.1, 0.15) is 22.9 Å². The number of carbonyl (C=O) groups is 1. The fraction of sp³-hybridized carbons (Fsp3) is 0.458. The van der Waals surface area contributed by atoms with Gasteiger partial charge < -0.3 is 19.0 Å². The summed E-state index contributed by atoms with van der Waals surface area (Å²) in [6.07, 6.45) is 6.42. The summed E-state index contributed by atoms with van der Waals surface area (Å²) in [6, 6.07) is 5.79. The average Bonchev–Trinajstić information content (AvgIpc) is 3.38. The SMILES string of the molecule is Cc1cc(CN2CCC3(CC2)OC(C(=O)Nc2cccnc2C)Cn2ccnc23)oc1C. The van der Waals surface area contributed by atoms with Gasteiger partial charge >= 0.3 is 0 Å². The number of hydrogen-bond acceptors (Lipinski definition) is 6. The summed E-state index contributed by atoms with van der Waals surface area (Å²) in [5.41, 5.74) is 2.12. The molecule has 1 unspecified atom stereocenters. The lowest BCUT2D eigenvalue weighted by Gasteiger charge is -2.45. The van der Waals surface area contributed by atoms with E-state index in [4.69, 9.17) is 9.15 Å². The Hall–Kier alpha value is -2.97. The number of fused-ring (bicyclic) bond motifs is 2. The lowest BCUT2D eigenvalue weighted by Crippen LogP contribution is -2.53.